The summed E-state index contributed by atoms with van der Waals surface area (Å²) in [5, 5.41) is 10.8. The number of unbranched alkanes of at least 4 members (excludes halogenated alkanes) is 4. The van der Waals surface area contributed by atoms with E-state index in [-0.39, 0.29) is 12.4 Å². The lowest BCUT2D eigenvalue weighted by Gasteiger charge is -2.08. The maximum Gasteiger partial charge on any atom is 0.305 e. The number of aromatic nitrogens is 1. The topological polar surface area (TPSA) is 108 Å². The fourth-order valence-electron chi connectivity index (χ4n) is 4.28. The van der Waals surface area contributed by atoms with Gasteiger partial charge in [-0.25, -0.2) is 4.98 Å². The molecular weight excluding hydrogens is 498 g/mol. The first kappa shape index (κ1) is 28.0. The maximum absolute atomic E-state index is 11.4. The summed E-state index contributed by atoms with van der Waals surface area (Å²) in [6.07, 6.45) is 5.53. The summed E-state index contributed by atoms with van der Waals surface area (Å²) in [4.78, 5) is 26.6. The molecule has 0 amide bonds. The Kier molecular flexibility index (Phi) is 10.2. The number of ether oxygens (including phenoxy) is 3. The fourth-order valence-corrected chi connectivity index (χ4v) is 4.28. The summed E-state index contributed by atoms with van der Waals surface area (Å²) in [7, 11) is 0. The van der Waals surface area contributed by atoms with Gasteiger partial charge in [0.25, 0.3) is 0 Å². The first-order chi connectivity index (χ1) is 19.0. The summed E-state index contributed by atoms with van der Waals surface area (Å²) in [5.41, 5.74) is 2.31. The van der Waals surface area contributed by atoms with Crippen LogP contribution in [0, 0.1) is 0 Å². The van der Waals surface area contributed by atoms with Crippen LogP contribution in [0.2, 0.25) is 0 Å². The van der Waals surface area contributed by atoms with E-state index in [0.29, 0.717) is 44.1 Å². The molecule has 3 aromatic carbocycles. The SMILES string of the molecule is CCOC(=O)CCCCCOc1ccc2nc(-c3ccc4cc(OCCCCCC(=O)O)ccc4c3)oc2c1. The standard InChI is InChI=1S/C31H35NO7/c1-2-36-30(35)10-6-4-8-18-38-26-15-16-27-28(21-26)39-31(32-27)24-12-11-23-20-25(14-13-22(23)19-24)37-17-7-3-5-9-29(33)34/h11-16,19-21H,2-10,17-18H2,1H3,(H,33,34). The van der Waals surface area contributed by atoms with Gasteiger partial charge in [-0.3, -0.25) is 9.59 Å². The third kappa shape index (κ3) is 8.46. The normalized spacial score (nSPS) is 11.1. The molecule has 1 heterocycles. The highest BCUT2D eigenvalue weighted by atomic mass is 16.5. The number of fused-ring (bicyclic) bond motifs is 2. The molecule has 1 N–H and O–H groups in total. The zero-order valence-corrected chi connectivity index (χ0v) is 22.3. The second-order valence-electron chi connectivity index (χ2n) is 9.39. The van der Waals surface area contributed by atoms with E-state index >= 15 is 0 Å². The molecule has 4 aromatic rings. The molecule has 4 rings (SSSR count). The summed E-state index contributed by atoms with van der Waals surface area (Å²) in [6.45, 7) is 3.36. The van der Waals surface area contributed by atoms with Crippen LogP contribution in [-0.2, 0) is 14.3 Å². The van der Waals surface area contributed by atoms with Gasteiger partial charge in [-0.15, -0.1) is 0 Å². The van der Waals surface area contributed by atoms with E-state index in [1.165, 1.54) is 0 Å². The summed E-state index contributed by atoms with van der Waals surface area (Å²) in [6, 6.07) is 17.6. The molecule has 0 saturated carbocycles. The van der Waals surface area contributed by atoms with Crippen molar-refractivity contribution in [3.63, 3.8) is 0 Å². The van der Waals surface area contributed by atoms with E-state index < -0.39 is 5.97 Å². The number of benzene rings is 3. The maximum atomic E-state index is 11.4. The molecule has 39 heavy (non-hydrogen) atoms. The van der Waals surface area contributed by atoms with E-state index in [2.05, 4.69) is 4.98 Å². The predicted molar refractivity (Wildman–Crippen MR) is 149 cm³/mol. The molecule has 8 nitrogen and oxygen atoms in total. The summed E-state index contributed by atoms with van der Waals surface area (Å²) in [5.74, 6) is 1.16. The predicted octanol–water partition coefficient (Wildman–Crippen LogP) is 7.17. The van der Waals surface area contributed by atoms with E-state index in [1.807, 2.05) is 61.5 Å². The summed E-state index contributed by atoms with van der Waals surface area (Å²) < 4.78 is 22.7. The van der Waals surface area contributed by atoms with Gasteiger partial charge in [0.05, 0.1) is 19.8 Å². The zero-order valence-electron chi connectivity index (χ0n) is 22.3. The minimum Gasteiger partial charge on any atom is -0.494 e. The van der Waals surface area contributed by atoms with Crippen molar-refractivity contribution in [2.24, 2.45) is 0 Å². The lowest BCUT2D eigenvalue weighted by Crippen LogP contribution is -2.04. The summed E-state index contributed by atoms with van der Waals surface area (Å²) >= 11 is 0. The number of hydrogen-bond donors (Lipinski definition) is 1. The van der Waals surface area contributed by atoms with E-state index in [0.717, 1.165) is 65.5 Å². The van der Waals surface area contributed by atoms with Crippen molar-refractivity contribution in [3.8, 4) is 23.0 Å². The van der Waals surface area contributed by atoms with Crippen molar-refractivity contribution >= 4 is 33.8 Å². The Morgan fingerprint density at radius 1 is 0.795 bits per heavy atom. The van der Waals surface area contributed by atoms with E-state index in [1.54, 1.807) is 0 Å². The second kappa shape index (κ2) is 14.2. The number of rotatable bonds is 16. The molecule has 0 unspecified atom stereocenters. The molecule has 0 aliphatic rings. The molecule has 0 atom stereocenters. The van der Waals surface area contributed by atoms with Gasteiger partial charge in [-0.05, 0) is 92.6 Å². The average molecular weight is 534 g/mol. The van der Waals surface area contributed by atoms with Crippen LogP contribution < -0.4 is 9.47 Å². The van der Waals surface area contributed by atoms with Crippen LogP contribution in [-0.4, -0.2) is 41.8 Å². The Balaban J connectivity index is 1.30. The molecule has 0 aliphatic heterocycles. The van der Waals surface area contributed by atoms with Crippen LogP contribution in [0.25, 0.3) is 33.3 Å². The minimum atomic E-state index is -0.756. The highest BCUT2D eigenvalue weighted by Crippen LogP contribution is 2.30. The Hall–Kier alpha value is -4.07. The third-order valence-corrected chi connectivity index (χ3v) is 6.32. The Morgan fingerprint density at radius 2 is 1.46 bits per heavy atom. The molecule has 0 saturated heterocycles. The van der Waals surface area contributed by atoms with Gasteiger partial charge in [-0.1, -0.05) is 12.1 Å². The van der Waals surface area contributed by atoms with E-state index in [9.17, 15) is 9.59 Å². The van der Waals surface area contributed by atoms with Crippen molar-refractivity contribution in [1.29, 1.82) is 0 Å². The molecule has 0 radical (unpaired) electrons. The van der Waals surface area contributed by atoms with Crippen LogP contribution in [0.3, 0.4) is 0 Å². The first-order valence-electron chi connectivity index (χ1n) is 13.6. The molecule has 0 spiro atoms. The van der Waals surface area contributed by atoms with Crippen molar-refractivity contribution in [1.82, 2.24) is 4.98 Å². The lowest BCUT2D eigenvalue weighted by molar-refractivity contribution is -0.143. The second-order valence-corrected chi connectivity index (χ2v) is 9.39. The lowest BCUT2D eigenvalue weighted by atomic mass is 10.1. The van der Waals surface area contributed by atoms with Crippen LogP contribution in [0.5, 0.6) is 11.5 Å². The van der Waals surface area contributed by atoms with Gasteiger partial charge in [0.1, 0.15) is 17.0 Å². The average Bonchev–Trinajstić information content (AvgIpc) is 3.36. The van der Waals surface area contributed by atoms with Gasteiger partial charge in [-0.2, -0.15) is 0 Å². The molecule has 1 aromatic heterocycles. The van der Waals surface area contributed by atoms with Crippen LogP contribution in [0.4, 0.5) is 0 Å². The third-order valence-electron chi connectivity index (χ3n) is 6.32. The number of carbonyl (C=O) groups is 2. The number of carboxylic acids is 1. The van der Waals surface area contributed by atoms with Crippen molar-refractivity contribution in [2.75, 3.05) is 19.8 Å². The smallest absolute Gasteiger partial charge is 0.305 e. The number of esters is 1. The van der Waals surface area contributed by atoms with Gasteiger partial charge in [0.2, 0.25) is 5.89 Å². The quantitative estimate of drug-likeness (QED) is 0.119. The number of oxazole rings is 1. The van der Waals surface area contributed by atoms with Crippen molar-refractivity contribution < 1.29 is 33.3 Å². The van der Waals surface area contributed by atoms with Gasteiger partial charge in [0.15, 0.2) is 5.58 Å². The van der Waals surface area contributed by atoms with Crippen molar-refractivity contribution in [3.05, 3.63) is 54.6 Å². The van der Waals surface area contributed by atoms with Crippen molar-refractivity contribution in [2.45, 2.75) is 58.3 Å². The first-order valence-corrected chi connectivity index (χ1v) is 13.6. The Bertz CT molecular complexity index is 1390. The fraction of sp³-hybridized carbons (Fsp3) is 0.387. The van der Waals surface area contributed by atoms with Crippen LogP contribution in [0.15, 0.2) is 59.0 Å². The largest absolute Gasteiger partial charge is 0.494 e. The monoisotopic (exact) mass is 533 g/mol. The van der Waals surface area contributed by atoms with Crippen LogP contribution in [0.1, 0.15) is 58.3 Å². The molecule has 0 aliphatic carbocycles. The molecule has 8 heteroatoms. The Morgan fingerprint density at radius 3 is 2.21 bits per heavy atom. The van der Waals surface area contributed by atoms with Gasteiger partial charge in [0, 0.05) is 24.5 Å². The van der Waals surface area contributed by atoms with Crippen LogP contribution >= 0.6 is 0 Å². The van der Waals surface area contributed by atoms with Gasteiger partial charge >= 0.3 is 11.9 Å². The highest BCUT2D eigenvalue weighted by Gasteiger charge is 2.11. The number of nitrogens with zero attached hydrogens (tertiary/aromatic N) is 1. The molecule has 0 bridgehead atoms. The number of aliphatic carboxylic acids is 1. The Labute approximate surface area is 227 Å². The zero-order chi connectivity index (χ0) is 27.5. The minimum absolute atomic E-state index is 0.145. The highest BCUT2D eigenvalue weighted by molar-refractivity contribution is 5.88. The number of carbonyl (C=O) groups excluding carboxylic acids is 1. The molecular formula is C31H35NO7. The van der Waals surface area contributed by atoms with E-state index in [4.69, 9.17) is 23.7 Å². The molecule has 206 valence electrons. The number of carboxylic acid groups (broad SMARTS) is 1. The number of hydrogen-bond acceptors (Lipinski definition) is 7. The van der Waals surface area contributed by atoms with Gasteiger partial charge < -0.3 is 23.7 Å². The molecule has 0 fully saturated rings.